The van der Waals surface area contributed by atoms with Gasteiger partial charge in [0.2, 0.25) is 5.91 Å². The lowest BCUT2D eigenvalue weighted by Gasteiger charge is -2.36. The lowest BCUT2D eigenvalue weighted by molar-refractivity contribution is -0.143. The van der Waals surface area contributed by atoms with Gasteiger partial charge < -0.3 is 4.90 Å². The van der Waals surface area contributed by atoms with Crippen LogP contribution in [0.5, 0.6) is 0 Å². The standard InChI is InChI=1S/C22H26BrF3N4O/c1-14-4-3-5-16(12-14)13-28-8-10-29(11-9-28)21(31)15(2)30-19(17-6-7-17)18(23)20(27-30)22(24,25)26/h3-5,12,15,17H,6-11,13H2,1-2H3. The van der Waals surface area contributed by atoms with Crippen molar-refractivity contribution in [2.75, 3.05) is 26.2 Å². The second-order valence-electron chi connectivity index (χ2n) is 8.53. The van der Waals surface area contributed by atoms with Crippen LogP contribution in [-0.2, 0) is 17.5 Å². The van der Waals surface area contributed by atoms with Crippen LogP contribution in [0.3, 0.4) is 0 Å². The molecular weight excluding hydrogens is 473 g/mol. The van der Waals surface area contributed by atoms with Crippen LogP contribution in [0.1, 0.15) is 54.2 Å². The Bertz CT molecular complexity index is 962. The fourth-order valence-corrected chi connectivity index (χ4v) is 5.00. The third-order valence-corrected chi connectivity index (χ3v) is 6.80. The Morgan fingerprint density at radius 1 is 1.23 bits per heavy atom. The number of aryl methyl sites for hydroxylation is 1. The monoisotopic (exact) mass is 498 g/mol. The number of hydrogen-bond acceptors (Lipinski definition) is 3. The summed E-state index contributed by atoms with van der Waals surface area (Å²) in [4.78, 5) is 17.2. The highest BCUT2D eigenvalue weighted by Crippen LogP contribution is 2.47. The average molecular weight is 499 g/mol. The van der Waals surface area contributed by atoms with Crippen molar-refractivity contribution in [1.29, 1.82) is 0 Å². The number of benzene rings is 1. The van der Waals surface area contributed by atoms with E-state index < -0.39 is 17.9 Å². The molecule has 4 rings (SSSR count). The number of piperazine rings is 1. The van der Waals surface area contributed by atoms with Crippen molar-refractivity contribution in [3.8, 4) is 0 Å². The Hall–Kier alpha value is -1.87. The van der Waals surface area contributed by atoms with Crippen LogP contribution >= 0.6 is 15.9 Å². The predicted octanol–water partition coefficient (Wildman–Crippen LogP) is 4.76. The first-order valence-electron chi connectivity index (χ1n) is 10.6. The minimum atomic E-state index is -4.56. The van der Waals surface area contributed by atoms with Crippen LogP contribution in [0.15, 0.2) is 28.7 Å². The molecule has 31 heavy (non-hydrogen) atoms. The van der Waals surface area contributed by atoms with Gasteiger partial charge in [0.15, 0.2) is 5.69 Å². The van der Waals surface area contributed by atoms with E-state index in [1.165, 1.54) is 15.8 Å². The molecule has 2 aromatic rings. The van der Waals surface area contributed by atoms with Crippen LogP contribution in [0.2, 0.25) is 0 Å². The summed E-state index contributed by atoms with van der Waals surface area (Å²) in [5, 5.41) is 3.82. The van der Waals surface area contributed by atoms with Crippen LogP contribution < -0.4 is 0 Å². The lowest BCUT2D eigenvalue weighted by Crippen LogP contribution is -2.50. The van der Waals surface area contributed by atoms with Gasteiger partial charge >= 0.3 is 6.18 Å². The van der Waals surface area contributed by atoms with Crippen LogP contribution in [0.4, 0.5) is 13.2 Å². The average Bonchev–Trinajstić information content (AvgIpc) is 3.48. The van der Waals surface area contributed by atoms with Crippen molar-refractivity contribution in [2.45, 2.75) is 51.4 Å². The zero-order chi connectivity index (χ0) is 22.3. The minimum absolute atomic E-state index is 0.0230. The zero-order valence-corrected chi connectivity index (χ0v) is 19.2. The predicted molar refractivity (Wildman–Crippen MR) is 115 cm³/mol. The number of carbonyl (C=O) groups is 1. The molecule has 1 amide bonds. The molecule has 1 atom stereocenters. The van der Waals surface area contributed by atoms with E-state index in [4.69, 9.17) is 0 Å². The first kappa shape index (κ1) is 22.3. The first-order chi connectivity index (χ1) is 14.6. The van der Waals surface area contributed by atoms with Crippen LogP contribution in [0, 0.1) is 6.92 Å². The molecule has 1 unspecified atom stereocenters. The van der Waals surface area contributed by atoms with E-state index in [1.54, 1.807) is 11.8 Å². The molecule has 0 N–H and O–H groups in total. The van der Waals surface area contributed by atoms with E-state index in [0.717, 1.165) is 32.5 Å². The normalized spacial score (nSPS) is 19.0. The van der Waals surface area contributed by atoms with Gasteiger partial charge in [0.25, 0.3) is 0 Å². The molecule has 1 aliphatic carbocycles. The maximum Gasteiger partial charge on any atom is 0.436 e. The van der Waals surface area contributed by atoms with Gasteiger partial charge in [-0.25, -0.2) is 0 Å². The number of carbonyl (C=O) groups excluding carboxylic acids is 1. The second kappa shape index (κ2) is 8.58. The van der Waals surface area contributed by atoms with Gasteiger partial charge in [0.05, 0.1) is 10.2 Å². The Morgan fingerprint density at radius 3 is 2.48 bits per heavy atom. The largest absolute Gasteiger partial charge is 0.436 e. The van der Waals surface area contributed by atoms with Crippen molar-refractivity contribution in [3.63, 3.8) is 0 Å². The number of alkyl halides is 3. The molecular formula is C22H26BrF3N4O. The fraction of sp³-hybridized carbons (Fsp3) is 0.545. The van der Waals surface area contributed by atoms with Crippen molar-refractivity contribution in [2.24, 2.45) is 0 Å². The Labute approximate surface area is 188 Å². The van der Waals surface area contributed by atoms with Gasteiger partial charge in [-0.1, -0.05) is 29.8 Å². The molecule has 0 bridgehead atoms. The summed E-state index contributed by atoms with van der Waals surface area (Å²) in [6.45, 7) is 7.12. The van der Waals surface area contributed by atoms with E-state index in [9.17, 15) is 18.0 Å². The topological polar surface area (TPSA) is 41.4 Å². The molecule has 2 heterocycles. The first-order valence-corrected chi connectivity index (χ1v) is 11.4. The Kier molecular flexibility index (Phi) is 6.18. The summed E-state index contributed by atoms with van der Waals surface area (Å²) >= 11 is 3.10. The highest BCUT2D eigenvalue weighted by molar-refractivity contribution is 9.10. The van der Waals surface area contributed by atoms with Crippen LogP contribution in [0.25, 0.3) is 0 Å². The fourth-order valence-electron chi connectivity index (χ4n) is 4.19. The van der Waals surface area contributed by atoms with E-state index in [2.05, 4.69) is 51.1 Å². The van der Waals surface area contributed by atoms with Gasteiger partial charge in [-0.15, -0.1) is 0 Å². The molecule has 0 spiro atoms. The minimum Gasteiger partial charge on any atom is -0.338 e. The molecule has 5 nitrogen and oxygen atoms in total. The molecule has 1 aliphatic heterocycles. The number of amides is 1. The molecule has 1 aromatic heterocycles. The van der Waals surface area contributed by atoms with E-state index >= 15 is 0 Å². The van der Waals surface area contributed by atoms with E-state index in [1.807, 2.05) is 6.07 Å². The van der Waals surface area contributed by atoms with E-state index in [-0.39, 0.29) is 16.3 Å². The lowest BCUT2D eigenvalue weighted by atomic mass is 10.1. The third kappa shape index (κ3) is 4.82. The molecule has 2 aliphatic rings. The summed E-state index contributed by atoms with van der Waals surface area (Å²) < 4.78 is 41.4. The highest BCUT2D eigenvalue weighted by Gasteiger charge is 2.43. The summed E-state index contributed by atoms with van der Waals surface area (Å²) in [6, 6.07) is 7.59. The molecule has 1 saturated carbocycles. The summed E-state index contributed by atoms with van der Waals surface area (Å²) in [7, 11) is 0. The number of aromatic nitrogens is 2. The smallest absolute Gasteiger partial charge is 0.338 e. The van der Waals surface area contributed by atoms with Crippen molar-refractivity contribution >= 4 is 21.8 Å². The van der Waals surface area contributed by atoms with Gasteiger partial charge in [-0.3, -0.25) is 14.4 Å². The summed E-state index contributed by atoms with van der Waals surface area (Å²) in [5.74, 6) is -0.153. The molecule has 1 aromatic carbocycles. The number of halogens is 4. The number of nitrogens with zero attached hydrogens (tertiary/aromatic N) is 4. The number of rotatable bonds is 5. The molecule has 0 radical (unpaired) electrons. The summed E-state index contributed by atoms with van der Waals surface area (Å²) in [5.41, 5.74) is 2.00. The van der Waals surface area contributed by atoms with Crippen molar-refractivity contribution in [1.82, 2.24) is 19.6 Å². The Balaban J connectivity index is 1.44. The summed E-state index contributed by atoms with van der Waals surface area (Å²) in [6.07, 6.45) is -2.92. The quantitative estimate of drug-likeness (QED) is 0.596. The maximum atomic E-state index is 13.4. The van der Waals surface area contributed by atoms with Gasteiger partial charge in [-0.05, 0) is 48.2 Å². The third-order valence-electron chi connectivity index (χ3n) is 6.02. The number of hydrogen-bond donors (Lipinski definition) is 0. The van der Waals surface area contributed by atoms with Gasteiger partial charge in [0.1, 0.15) is 6.04 Å². The SMILES string of the molecule is Cc1cccc(CN2CCN(C(=O)C(C)n3nc(C(F)(F)F)c(Br)c3C3CC3)CC2)c1. The second-order valence-corrected chi connectivity index (χ2v) is 9.32. The zero-order valence-electron chi connectivity index (χ0n) is 17.6. The van der Waals surface area contributed by atoms with Crippen molar-refractivity contribution < 1.29 is 18.0 Å². The van der Waals surface area contributed by atoms with Crippen LogP contribution in [-0.4, -0.2) is 51.7 Å². The molecule has 9 heteroatoms. The van der Waals surface area contributed by atoms with Gasteiger partial charge in [-0.2, -0.15) is 18.3 Å². The maximum absolute atomic E-state index is 13.4. The van der Waals surface area contributed by atoms with Crippen molar-refractivity contribution in [3.05, 3.63) is 51.3 Å². The molecule has 1 saturated heterocycles. The molecule has 2 fully saturated rings. The van der Waals surface area contributed by atoms with Gasteiger partial charge in [0, 0.05) is 38.6 Å². The molecule has 168 valence electrons. The Morgan fingerprint density at radius 2 is 1.90 bits per heavy atom. The highest BCUT2D eigenvalue weighted by atomic mass is 79.9. The van der Waals surface area contributed by atoms with E-state index in [0.29, 0.717) is 18.8 Å².